The van der Waals surface area contributed by atoms with Crippen molar-refractivity contribution in [3.8, 4) is 0 Å². The fraction of sp³-hybridized carbons (Fsp3) is 0.692. The highest BCUT2D eigenvalue weighted by molar-refractivity contribution is 5.18. The Morgan fingerprint density at radius 1 is 1.00 bits per heavy atom. The third kappa shape index (κ3) is 2.46. The number of fused-ring (bicyclic) bond motifs is 1. The maximum Gasteiger partial charge on any atom is -0.0200 e. The van der Waals surface area contributed by atoms with Crippen LogP contribution in [0.1, 0.15) is 51.4 Å². The van der Waals surface area contributed by atoms with Gasteiger partial charge in [-0.3, -0.25) is 0 Å². The predicted octanol–water partition coefficient (Wildman–Crippen LogP) is 4.23. The summed E-state index contributed by atoms with van der Waals surface area (Å²) in [5.74, 6) is 0.947. The minimum atomic E-state index is 0.947. The van der Waals surface area contributed by atoms with E-state index in [0.717, 1.165) is 5.92 Å². The van der Waals surface area contributed by atoms with E-state index in [9.17, 15) is 0 Å². The lowest BCUT2D eigenvalue weighted by atomic mass is 9.94. The van der Waals surface area contributed by atoms with Gasteiger partial charge in [-0.25, -0.2) is 0 Å². The summed E-state index contributed by atoms with van der Waals surface area (Å²) in [6.07, 6.45) is 18.3. The van der Waals surface area contributed by atoms with E-state index in [1.54, 1.807) is 5.57 Å². The van der Waals surface area contributed by atoms with E-state index in [1.807, 2.05) is 0 Å². The van der Waals surface area contributed by atoms with Crippen molar-refractivity contribution in [2.45, 2.75) is 51.4 Å². The van der Waals surface area contributed by atoms with Crippen LogP contribution in [0, 0.1) is 5.92 Å². The van der Waals surface area contributed by atoms with Crippen molar-refractivity contribution >= 4 is 0 Å². The molecule has 2 aliphatic carbocycles. The van der Waals surface area contributed by atoms with Crippen LogP contribution in [0.5, 0.6) is 0 Å². The molecular weight excluding hydrogens is 156 g/mol. The topological polar surface area (TPSA) is 0 Å². The summed E-state index contributed by atoms with van der Waals surface area (Å²) >= 11 is 0. The van der Waals surface area contributed by atoms with Crippen molar-refractivity contribution < 1.29 is 0 Å². The molecule has 0 aromatic rings. The molecule has 1 unspecified atom stereocenters. The summed E-state index contributed by atoms with van der Waals surface area (Å²) in [5.41, 5.74) is 1.73. The standard InChI is InChI=1S/C13H20/c1-2-4-6-9-13-11-7-10-12(13)8-5-3-1/h3,5,8,13H,1-2,4,6-7,9-11H2/b5-3?,12-8+. The second-order valence-corrected chi connectivity index (χ2v) is 4.40. The molecule has 0 nitrogen and oxygen atoms in total. The van der Waals surface area contributed by atoms with Crippen molar-refractivity contribution in [3.63, 3.8) is 0 Å². The smallest absolute Gasteiger partial charge is 0.0200 e. The number of allylic oxidation sites excluding steroid dienone is 4. The third-order valence-corrected chi connectivity index (χ3v) is 3.41. The first-order valence-electron chi connectivity index (χ1n) is 5.82. The first-order valence-corrected chi connectivity index (χ1v) is 5.82. The van der Waals surface area contributed by atoms with Crippen LogP contribution in [-0.4, -0.2) is 0 Å². The van der Waals surface area contributed by atoms with Gasteiger partial charge >= 0.3 is 0 Å². The molecule has 2 rings (SSSR count). The Morgan fingerprint density at radius 3 is 2.92 bits per heavy atom. The highest BCUT2D eigenvalue weighted by Crippen LogP contribution is 2.35. The Bertz CT molecular complexity index is 210. The van der Waals surface area contributed by atoms with Gasteiger partial charge in [0.15, 0.2) is 0 Å². The van der Waals surface area contributed by atoms with E-state index in [-0.39, 0.29) is 0 Å². The van der Waals surface area contributed by atoms with Crippen LogP contribution in [0.25, 0.3) is 0 Å². The Morgan fingerprint density at radius 2 is 1.92 bits per heavy atom. The Balaban J connectivity index is 2.04. The van der Waals surface area contributed by atoms with E-state index in [4.69, 9.17) is 0 Å². The first-order chi connectivity index (χ1) is 6.47. The normalized spacial score (nSPS) is 33.5. The van der Waals surface area contributed by atoms with Gasteiger partial charge in [0.1, 0.15) is 0 Å². The molecule has 0 radical (unpaired) electrons. The quantitative estimate of drug-likeness (QED) is 0.518. The lowest BCUT2D eigenvalue weighted by Gasteiger charge is -2.12. The van der Waals surface area contributed by atoms with E-state index in [0.29, 0.717) is 0 Å². The van der Waals surface area contributed by atoms with Crippen LogP contribution in [-0.2, 0) is 0 Å². The van der Waals surface area contributed by atoms with Crippen molar-refractivity contribution in [3.05, 3.63) is 23.8 Å². The van der Waals surface area contributed by atoms with Gasteiger partial charge in [0.05, 0.1) is 0 Å². The van der Waals surface area contributed by atoms with Gasteiger partial charge in [-0.2, -0.15) is 0 Å². The monoisotopic (exact) mass is 176 g/mol. The largest absolute Gasteiger partial charge is 0.0845 e. The fourth-order valence-corrected chi connectivity index (χ4v) is 2.61. The van der Waals surface area contributed by atoms with Gasteiger partial charge in [0, 0.05) is 0 Å². The molecular formula is C13H20. The number of hydrogen-bond donors (Lipinski definition) is 0. The van der Waals surface area contributed by atoms with Crippen LogP contribution >= 0.6 is 0 Å². The summed E-state index contributed by atoms with van der Waals surface area (Å²) in [6, 6.07) is 0. The zero-order chi connectivity index (χ0) is 8.93. The molecule has 0 spiro atoms. The van der Waals surface area contributed by atoms with Gasteiger partial charge in [-0.05, 0) is 44.4 Å². The molecule has 0 N–H and O–H groups in total. The maximum atomic E-state index is 2.39. The van der Waals surface area contributed by atoms with E-state index in [2.05, 4.69) is 18.2 Å². The molecule has 0 heterocycles. The lowest BCUT2D eigenvalue weighted by Crippen LogP contribution is -1.97. The minimum absolute atomic E-state index is 0.947. The number of hydrogen-bond acceptors (Lipinski definition) is 0. The van der Waals surface area contributed by atoms with E-state index >= 15 is 0 Å². The highest BCUT2D eigenvalue weighted by atomic mass is 14.2. The molecule has 2 aliphatic rings. The van der Waals surface area contributed by atoms with Crippen LogP contribution < -0.4 is 0 Å². The molecule has 0 amide bonds. The van der Waals surface area contributed by atoms with Crippen LogP contribution in [0.4, 0.5) is 0 Å². The lowest BCUT2D eigenvalue weighted by molar-refractivity contribution is 0.520. The van der Waals surface area contributed by atoms with Gasteiger partial charge in [0.25, 0.3) is 0 Å². The predicted molar refractivity (Wildman–Crippen MR) is 57.6 cm³/mol. The molecule has 1 atom stereocenters. The van der Waals surface area contributed by atoms with Crippen LogP contribution in [0.2, 0.25) is 0 Å². The number of rotatable bonds is 0. The van der Waals surface area contributed by atoms with Gasteiger partial charge < -0.3 is 0 Å². The fourth-order valence-electron chi connectivity index (χ4n) is 2.61. The van der Waals surface area contributed by atoms with Crippen molar-refractivity contribution in [2.24, 2.45) is 5.92 Å². The summed E-state index contributed by atoms with van der Waals surface area (Å²) in [5, 5.41) is 0. The molecule has 1 fully saturated rings. The van der Waals surface area contributed by atoms with E-state index < -0.39 is 0 Å². The van der Waals surface area contributed by atoms with Crippen molar-refractivity contribution in [1.82, 2.24) is 0 Å². The summed E-state index contributed by atoms with van der Waals surface area (Å²) in [4.78, 5) is 0. The van der Waals surface area contributed by atoms with Gasteiger partial charge in [-0.15, -0.1) is 0 Å². The average molecular weight is 176 g/mol. The minimum Gasteiger partial charge on any atom is -0.0845 e. The first kappa shape index (κ1) is 9.05. The summed E-state index contributed by atoms with van der Waals surface area (Å²) in [7, 11) is 0. The Kier molecular flexibility index (Phi) is 3.23. The maximum absolute atomic E-state index is 2.39. The Labute approximate surface area is 81.7 Å². The van der Waals surface area contributed by atoms with Crippen LogP contribution in [0.3, 0.4) is 0 Å². The third-order valence-electron chi connectivity index (χ3n) is 3.41. The molecule has 0 aromatic carbocycles. The molecule has 1 saturated carbocycles. The van der Waals surface area contributed by atoms with Crippen molar-refractivity contribution in [1.29, 1.82) is 0 Å². The van der Waals surface area contributed by atoms with Crippen molar-refractivity contribution in [2.75, 3.05) is 0 Å². The molecule has 13 heavy (non-hydrogen) atoms. The van der Waals surface area contributed by atoms with Crippen LogP contribution in [0.15, 0.2) is 23.8 Å². The zero-order valence-electron chi connectivity index (χ0n) is 8.47. The molecule has 72 valence electrons. The molecule has 0 aromatic heterocycles. The molecule has 0 aliphatic heterocycles. The summed E-state index contributed by atoms with van der Waals surface area (Å²) < 4.78 is 0. The highest BCUT2D eigenvalue weighted by Gasteiger charge is 2.19. The second-order valence-electron chi connectivity index (χ2n) is 4.40. The van der Waals surface area contributed by atoms with Gasteiger partial charge in [0.2, 0.25) is 0 Å². The Hall–Kier alpha value is -0.520. The average Bonchev–Trinajstić information content (AvgIpc) is 2.59. The van der Waals surface area contributed by atoms with E-state index in [1.165, 1.54) is 51.4 Å². The SMILES string of the molecule is C1=CCCCCCC2CCC/C2=C\1. The summed E-state index contributed by atoms with van der Waals surface area (Å²) in [6.45, 7) is 0. The zero-order valence-corrected chi connectivity index (χ0v) is 8.47. The van der Waals surface area contributed by atoms with Gasteiger partial charge in [-0.1, -0.05) is 36.6 Å². The molecule has 0 saturated heterocycles. The molecule has 0 bridgehead atoms. The molecule has 0 heteroatoms. The second kappa shape index (κ2) is 4.64.